The number of para-hydroxylation sites is 1. The van der Waals surface area contributed by atoms with E-state index in [0.717, 1.165) is 24.9 Å². The van der Waals surface area contributed by atoms with Crippen molar-refractivity contribution in [2.24, 2.45) is 0 Å². The lowest BCUT2D eigenvalue weighted by atomic mass is 10.1. The van der Waals surface area contributed by atoms with E-state index in [9.17, 15) is 9.90 Å². The minimum atomic E-state index is -1.31. The molecule has 1 aromatic carbocycles. The van der Waals surface area contributed by atoms with Crippen LogP contribution in [0.25, 0.3) is 0 Å². The Kier molecular flexibility index (Phi) is 3.20. The summed E-state index contributed by atoms with van der Waals surface area (Å²) in [6.07, 6.45) is 3.08. The molecule has 17 heavy (non-hydrogen) atoms. The summed E-state index contributed by atoms with van der Waals surface area (Å²) in [6, 6.07) is 7.96. The number of hydrogen-bond acceptors (Lipinski definition) is 2. The monoisotopic (exact) mass is 233 g/mol. The number of aliphatic hydroxyl groups is 1. The first-order valence-corrected chi connectivity index (χ1v) is 6.12. The van der Waals surface area contributed by atoms with Crippen molar-refractivity contribution in [3.8, 4) is 0 Å². The highest BCUT2D eigenvalue weighted by Crippen LogP contribution is 2.27. The Bertz CT molecular complexity index is 420. The third-order valence-electron chi connectivity index (χ3n) is 3.13. The van der Waals surface area contributed by atoms with Gasteiger partial charge in [-0.3, -0.25) is 4.79 Å². The van der Waals surface area contributed by atoms with Crippen LogP contribution < -0.4 is 4.90 Å². The van der Waals surface area contributed by atoms with Crippen molar-refractivity contribution in [2.75, 3.05) is 11.4 Å². The third kappa shape index (κ3) is 2.50. The molecule has 3 nitrogen and oxygen atoms in total. The van der Waals surface area contributed by atoms with Crippen LogP contribution in [-0.4, -0.2) is 23.2 Å². The van der Waals surface area contributed by atoms with Gasteiger partial charge in [0.05, 0.1) is 0 Å². The molecule has 0 unspecified atom stereocenters. The summed E-state index contributed by atoms with van der Waals surface area (Å²) >= 11 is 0. The summed E-state index contributed by atoms with van der Waals surface area (Å²) in [6.45, 7) is 3.78. The molecule has 0 saturated carbocycles. The Balaban J connectivity index is 2.38. The van der Waals surface area contributed by atoms with Gasteiger partial charge in [0.1, 0.15) is 5.60 Å². The quantitative estimate of drug-likeness (QED) is 0.807. The highest BCUT2D eigenvalue weighted by molar-refractivity contribution is 5.99. The summed E-state index contributed by atoms with van der Waals surface area (Å²) in [5.74, 6) is -0.216. The summed E-state index contributed by atoms with van der Waals surface area (Å²) in [7, 11) is 0. The van der Waals surface area contributed by atoms with Crippen LogP contribution in [0.3, 0.4) is 0 Å². The lowest BCUT2D eigenvalue weighted by molar-refractivity contribution is -0.133. The van der Waals surface area contributed by atoms with E-state index in [2.05, 4.69) is 6.07 Å². The highest BCUT2D eigenvalue weighted by Gasteiger charge is 2.31. The van der Waals surface area contributed by atoms with Crippen LogP contribution in [0.5, 0.6) is 0 Å². The molecule has 0 radical (unpaired) electrons. The number of hydrogen-bond donors (Lipinski definition) is 1. The maximum absolute atomic E-state index is 12.2. The third-order valence-corrected chi connectivity index (χ3v) is 3.13. The number of nitrogens with zero attached hydrogens (tertiary/aromatic N) is 1. The maximum Gasteiger partial charge on any atom is 0.258 e. The van der Waals surface area contributed by atoms with Gasteiger partial charge in [0, 0.05) is 12.2 Å². The molecule has 1 aliphatic rings. The van der Waals surface area contributed by atoms with Crippen LogP contribution in [-0.2, 0) is 11.2 Å². The first-order chi connectivity index (χ1) is 8.00. The predicted molar refractivity (Wildman–Crippen MR) is 68.0 cm³/mol. The Morgan fingerprint density at radius 3 is 2.71 bits per heavy atom. The van der Waals surface area contributed by atoms with Crippen LogP contribution in [0.15, 0.2) is 24.3 Å². The van der Waals surface area contributed by atoms with E-state index in [-0.39, 0.29) is 5.91 Å². The summed E-state index contributed by atoms with van der Waals surface area (Å²) in [5, 5.41) is 9.86. The molecule has 1 amide bonds. The van der Waals surface area contributed by atoms with E-state index < -0.39 is 5.60 Å². The normalized spacial score (nSPS) is 16.3. The second-order valence-corrected chi connectivity index (χ2v) is 5.10. The minimum absolute atomic E-state index is 0.216. The second kappa shape index (κ2) is 4.49. The molecule has 1 aromatic rings. The number of carbonyl (C=O) groups excluding carboxylic acids is 1. The van der Waals surface area contributed by atoms with Crippen molar-refractivity contribution >= 4 is 11.6 Å². The topological polar surface area (TPSA) is 40.5 Å². The van der Waals surface area contributed by atoms with Crippen molar-refractivity contribution in [1.29, 1.82) is 0 Å². The molecule has 3 heteroatoms. The van der Waals surface area contributed by atoms with E-state index in [1.54, 1.807) is 18.7 Å². The van der Waals surface area contributed by atoms with Gasteiger partial charge in [-0.25, -0.2) is 0 Å². The minimum Gasteiger partial charge on any atom is -0.381 e. The molecule has 0 aromatic heterocycles. The highest BCUT2D eigenvalue weighted by atomic mass is 16.3. The molecule has 0 spiro atoms. The number of fused-ring (bicyclic) bond motifs is 1. The molecular formula is C14H19NO2. The van der Waals surface area contributed by atoms with Gasteiger partial charge >= 0.3 is 0 Å². The van der Waals surface area contributed by atoms with Gasteiger partial charge in [-0.2, -0.15) is 0 Å². The average Bonchev–Trinajstić information content (AvgIpc) is 2.48. The van der Waals surface area contributed by atoms with Crippen molar-refractivity contribution in [3.63, 3.8) is 0 Å². The fraction of sp³-hybridized carbons (Fsp3) is 0.500. The number of benzene rings is 1. The van der Waals surface area contributed by atoms with Crippen LogP contribution in [0.2, 0.25) is 0 Å². The predicted octanol–water partition coefficient (Wildman–Crippen LogP) is 2.13. The van der Waals surface area contributed by atoms with Crippen molar-refractivity contribution in [1.82, 2.24) is 0 Å². The zero-order valence-corrected chi connectivity index (χ0v) is 10.4. The summed E-state index contributed by atoms with van der Waals surface area (Å²) in [5.41, 5.74) is 0.844. The zero-order valence-electron chi connectivity index (χ0n) is 10.4. The van der Waals surface area contributed by atoms with E-state index in [4.69, 9.17) is 0 Å². The maximum atomic E-state index is 12.2. The van der Waals surface area contributed by atoms with Gasteiger partial charge in [0.25, 0.3) is 5.91 Å². The molecule has 1 aliphatic heterocycles. The Morgan fingerprint density at radius 1 is 1.29 bits per heavy atom. The number of anilines is 1. The Morgan fingerprint density at radius 2 is 2.00 bits per heavy atom. The smallest absolute Gasteiger partial charge is 0.258 e. The molecule has 1 N–H and O–H groups in total. The molecule has 0 fully saturated rings. The van der Waals surface area contributed by atoms with Crippen LogP contribution in [0, 0.1) is 0 Å². The van der Waals surface area contributed by atoms with Crippen LogP contribution >= 0.6 is 0 Å². The number of carbonyl (C=O) groups is 1. The van der Waals surface area contributed by atoms with Crippen molar-refractivity contribution < 1.29 is 9.90 Å². The van der Waals surface area contributed by atoms with Gasteiger partial charge in [-0.15, -0.1) is 0 Å². The van der Waals surface area contributed by atoms with Gasteiger partial charge < -0.3 is 10.0 Å². The molecule has 0 saturated heterocycles. The standard InChI is InChI=1S/C14H19NO2/c1-14(2,17)13(16)15-10-6-5-8-11-7-3-4-9-12(11)15/h3-4,7,9,17H,5-6,8,10H2,1-2H3. The van der Waals surface area contributed by atoms with Crippen molar-refractivity contribution in [2.45, 2.75) is 38.7 Å². The molecule has 1 heterocycles. The molecule has 0 atom stereocenters. The fourth-order valence-electron chi connectivity index (χ4n) is 2.23. The zero-order chi connectivity index (χ0) is 12.5. The summed E-state index contributed by atoms with van der Waals surface area (Å²) in [4.78, 5) is 13.9. The van der Waals surface area contributed by atoms with Gasteiger partial charge in [-0.05, 0) is 44.7 Å². The van der Waals surface area contributed by atoms with E-state index >= 15 is 0 Å². The van der Waals surface area contributed by atoms with Gasteiger partial charge in [0.2, 0.25) is 0 Å². The van der Waals surface area contributed by atoms with Crippen LogP contribution in [0.1, 0.15) is 32.3 Å². The van der Waals surface area contributed by atoms with Crippen molar-refractivity contribution in [3.05, 3.63) is 29.8 Å². The Hall–Kier alpha value is -1.35. The fourth-order valence-corrected chi connectivity index (χ4v) is 2.23. The van der Waals surface area contributed by atoms with Gasteiger partial charge in [0.15, 0.2) is 0 Å². The molecule has 2 rings (SSSR count). The van der Waals surface area contributed by atoms with E-state index in [0.29, 0.717) is 6.54 Å². The average molecular weight is 233 g/mol. The second-order valence-electron chi connectivity index (χ2n) is 5.10. The Labute approximate surface area is 102 Å². The first kappa shape index (κ1) is 12.1. The van der Waals surface area contributed by atoms with E-state index in [1.165, 1.54) is 5.56 Å². The lowest BCUT2D eigenvalue weighted by Gasteiger charge is -2.28. The molecule has 92 valence electrons. The lowest BCUT2D eigenvalue weighted by Crippen LogP contribution is -2.45. The van der Waals surface area contributed by atoms with Gasteiger partial charge in [-0.1, -0.05) is 18.2 Å². The number of rotatable bonds is 1. The number of amides is 1. The first-order valence-electron chi connectivity index (χ1n) is 6.12. The molecule has 0 bridgehead atoms. The number of aryl methyl sites for hydroxylation is 1. The summed E-state index contributed by atoms with van der Waals surface area (Å²) < 4.78 is 0. The largest absolute Gasteiger partial charge is 0.381 e. The molecular weight excluding hydrogens is 214 g/mol. The SMILES string of the molecule is CC(C)(O)C(=O)N1CCCCc2ccccc21. The van der Waals surface area contributed by atoms with E-state index in [1.807, 2.05) is 18.2 Å². The van der Waals surface area contributed by atoms with Crippen LogP contribution in [0.4, 0.5) is 5.69 Å². The molecule has 0 aliphatic carbocycles.